The molecule has 4 rings (SSSR count). The molecule has 1 aliphatic heterocycles. The summed E-state index contributed by atoms with van der Waals surface area (Å²) < 4.78 is 2.45. The quantitative estimate of drug-likeness (QED) is 0.469. The second-order valence-electron chi connectivity index (χ2n) is 9.28. The fourth-order valence-electron chi connectivity index (χ4n) is 4.77. The summed E-state index contributed by atoms with van der Waals surface area (Å²) in [6, 6.07) is 17.7. The Kier molecular flexibility index (Phi) is 8.58. The van der Waals surface area contributed by atoms with E-state index in [1.807, 2.05) is 4.90 Å². The van der Waals surface area contributed by atoms with Crippen LogP contribution in [0.25, 0.3) is 0 Å². The van der Waals surface area contributed by atoms with E-state index in [1.165, 1.54) is 17.7 Å². The summed E-state index contributed by atoms with van der Waals surface area (Å²) in [7, 11) is 1.39. The van der Waals surface area contributed by atoms with Crippen molar-refractivity contribution in [3.05, 3.63) is 98.2 Å². The van der Waals surface area contributed by atoms with Gasteiger partial charge in [-0.25, -0.2) is 9.59 Å². The Morgan fingerprint density at radius 2 is 1.85 bits per heavy atom. The van der Waals surface area contributed by atoms with Crippen LogP contribution in [-0.4, -0.2) is 63.4 Å². The molecule has 2 N–H and O–H groups in total. The molecule has 11 nitrogen and oxygen atoms in total. The third-order valence-electron chi connectivity index (χ3n) is 6.78. The lowest BCUT2D eigenvalue weighted by molar-refractivity contribution is 0.0725. The molecule has 1 atom stereocenters. The van der Waals surface area contributed by atoms with Gasteiger partial charge in [0.05, 0.1) is 30.8 Å². The molecule has 11 heteroatoms. The second kappa shape index (κ2) is 12.2. The lowest BCUT2D eigenvalue weighted by atomic mass is 10.0. The minimum Gasteiger partial charge on any atom is -0.395 e. The summed E-state index contributed by atoms with van der Waals surface area (Å²) in [4.78, 5) is 55.5. The van der Waals surface area contributed by atoms with Gasteiger partial charge in [0.1, 0.15) is 5.82 Å². The SMILES string of the molecule is Cn1c(=O)cc(N2CCC[C@@H](N(C(=O)NCCO)C(=O)c3ccccc3)C2)n(Cc2ccccc2C#N)c1=O. The Morgan fingerprint density at radius 1 is 1.13 bits per heavy atom. The van der Waals surface area contributed by atoms with Crippen molar-refractivity contribution in [3.63, 3.8) is 0 Å². The number of benzene rings is 2. The van der Waals surface area contributed by atoms with Crippen LogP contribution < -0.4 is 21.5 Å². The normalized spacial score (nSPS) is 14.9. The molecular formula is C28H30N6O5. The van der Waals surface area contributed by atoms with Gasteiger partial charge in [-0.15, -0.1) is 0 Å². The van der Waals surface area contributed by atoms with Crippen LogP contribution >= 0.6 is 0 Å². The number of aliphatic hydroxyl groups excluding tert-OH is 1. The van der Waals surface area contributed by atoms with E-state index in [4.69, 9.17) is 0 Å². The molecule has 2 aromatic carbocycles. The number of imide groups is 1. The van der Waals surface area contributed by atoms with Crippen molar-refractivity contribution in [1.82, 2.24) is 19.4 Å². The maximum absolute atomic E-state index is 13.5. The Labute approximate surface area is 225 Å². The van der Waals surface area contributed by atoms with Crippen molar-refractivity contribution in [3.8, 4) is 6.07 Å². The first kappa shape index (κ1) is 27.3. The Balaban J connectivity index is 1.72. The zero-order valence-electron chi connectivity index (χ0n) is 21.6. The molecule has 39 heavy (non-hydrogen) atoms. The highest BCUT2D eigenvalue weighted by atomic mass is 16.3. The van der Waals surface area contributed by atoms with E-state index in [2.05, 4.69) is 11.4 Å². The van der Waals surface area contributed by atoms with E-state index in [0.717, 1.165) is 9.47 Å². The topological polar surface area (TPSA) is 141 Å². The van der Waals surface area contributed by atoms with E-state index >= 15 is 0 Å². The molecule has 1 saturated heterocycles. The van der Waals surface area contributed by atoms with Gasteiger partial charge in [0.2, 0.25) is 0 Å². The molecule has 2 heterocycles. The number of aromatic nitrogens is 2. The number of amides is 3. The number of piperidine rings is 1. The average molecular weight is 531 g/mol. The van der Waals surface area contributed by atoms with Gasteiger partial charge in [0.15, 0.2) is 0 Å². The number of aliphatic hydroxyl groups is 1. The summed E-state index contributed by atoms with van der Waals surface area (Å²) in [5, 5.41) is 21.3. The highest BCUT2D eigenvalue weighted by Gasteiger charge is 2.34. The van der Waals surface area contributed by atoms with E-state index in [1.54, 1.807) is 54.6 Å². The van der Waals surface area contributed by atoms with E-state index in [0.29, 0.717) is 41.9 Å². The molecule has 202 valence electrons. The molecule has 0 radical (unpaired) electrons. The number of nitrogens with one attached hydrogen (secondary N) is 1. The predicted molar refractivity (Wildman–Crippen MR) is 145 cm³/mol. The molecule has 3 aromatic rings. The molecule has 0 unspecified atom stereocenters. The van der Waals surface area contributed by atoms with Gasteiger partial charge in [-0.05, 0) is 36.6 Å². The number of urea groups is 1. The van der Waals surface area contributed by atoms with Crippen LogP contribution in [-0.2, 0) is 13.6 Å². The zero-order valence-corrected chi connectivity index (χ0v) is 21.6. The summed E-state index contributed by atoms with van der Waals surface area (Å²) in [6.07, 6.45) is 1.11. The van der Waals surface area contributed by atoms with Crippen molar-refractivity contribution >= 4 is 17.8 Å². The van der Waals surface area contributed by atoms with Crippen molar-refractivity contribution in [2.75, 3.05) is 31.1 Å². The molecular weight excluding hydrogens is 500 g/mol. The summed E-state index contributed by atoms with van der Waals surface area (Å²) in [5.41, 5.74) is 0.359. The molecule has 3 amide bonds. The number of anilines is 1. The van der Waals surface area contributed by atoms with Crippen LogP contribution in [0.1, 0.15) is 34.3 Å². The number of carbonyl (C=O) groups is 2. The number of hydrogen-bond donors (Lipinski definition) is 2. The number of rotatable bonds is 7. The molecule has 0 aliphatic carbocycles. The van der Waals surface area contributed by atoms with Gasteiger partial charge >= 0.3 is 11.7 Å². The van der Waals surface area contributed by atoms with E-state index in [-0.39, 0.29) is 26.2 Å². The number of hydrogen-bond acceptors (Lipinski definition) is 7. The van der Waals surface area contributed by atoms with Gasteiger partial charge in [-0.1, -0.05) is 36.4 Å². The van der Waals surface area contributed by atoms with Crippen molar-refractivity contribution in [2.24, 2.45) is 7.05 Å². The summed E-state index contributed by atoms with van der Waals surface area (Å²) in [5.74, 6) is -0.134. The van der Waals surface area contributed by atoms with E-state index in [9.17, 15) is 29.5 Å². The summed E-state index contributed by atoms with van der Waals surface area (Å²) >= 11 is 0. The van der Waals surface area contributed by atoms with Gasteiger partial charge < -0.3 is 15.3 Å². The molecule has 1 fully saturated rings. The lowest BCUT2D eigenvalue weighted by Crippen LogP contribution is -2.56. The van der Waals surface area contributed by atoms with Crippen molar-refractivity contribution < 1.29 is 14.7 Å². The number of carbonyl (C=O) groups excluding carboxylic acids is 2. The monoisotopic (exact) mass is 530 g/mol. The largest absolute Gasteiger partial charge is 0.395 e. The number of nitriles is 1. The molecule has 1 aliphatic rings. The van der Waals surface area contributed by atoms with Crippen molar-refractivity contribution in [1.29, 1.82) is 5.26 Å². The molecule has 0 bridgehead atoms. The Morgan fingerprint density at radius 3 is 2.56 bits per heavy atom. The highest BCUT2D eigenvalue weighted by molar-refractivity contribution is 6.04. The van der Waals surface area contributed by atoms with Gasteiger partial charge in [0.25, 0.3) is 11.5 Å². The maximum Gasteiger partial charge on any atom is 0.332 e. The fraction of sp³-hybridized carbons (Fsp3) is 0.321. The minimum absolute atomic E-state index is 0.0135. The van der Waals surface area contributed by atoms with E-state index < -0.39 is 29.2 Å². The fourth-order valence-corrected chi connectivity index (χ4v) is 4.77. The van der Waals surface area contributed by atoms with Crippen LogP contribution in [0.4, 0.5) is 10.6 Å². The standard InChI is InChI=1S/C28H30N6O5/c1-31-25(36)16-24(33(28(31)39)18-22-11-6-5-10-21(22)17-29)32-14-7-12-23(19-32)34(27(38)30-13-15-35)26(37)20-8-3-2-4-9-20/h2-6,8-11,16,23,35H,7,12-15,18-19H2,1H3,(H,30,38)/t23-/m1/s1. The van der Waals surface area contributed by atoms with Crippen molar-refractivity contribution in [2.45, 2.75) is 25.4 Å². The van der Waals surface area contributed by atoms with Crippen LogP contribution in [0.3, 0.4) is 0 Å². The molecule has 0 saturated carbocycles. The lowest BCUT2D eigenvalue weighted by Gasteiger charge is -2.39. The van der Waals surface area contributed by atoms with Crippen LogP contribution in [0.2, 0.25) is 0 Å². The summed E-state index contributed by atoms with van der Waals surface area (Å²) in [6.45, 7) is 0.461. The Bertz CT molecular complexity index is 1510. The van der Waals surface area contributed by atoms with Crippen LogP contribution in [0.15, 0.2) is 70.3 Å². The van der Waals surface area contributed by atoms with Crippen LogP contribution in [0, 0.1) is 11.3 Å². The van der Waals surface area contributed by atoms with Gasteiger partial charge in [-0.3, -0.25) is 23.6 Å². The predicted octanol–water partition coefficient (Wildman–Crippen LogP) is 1.28. The third kappa shape index (κ3) is 5.91. The molecule has 1 aromatic heterocycles. The Hall–Kier alpha value is -4.69. The third-order valence-corrected chi connectivity index (χ3v) is 6.78. The molecule has 0 spiro atoms. The second-order valence-corrected chi connectivity index (χ2v) is 9.28. The first-order valence-electron chi connectivity index (χ1n) is 12.7. The van der Waals surface area contributed by atoms with Crippen LogP contribution in [0.5, 0.6) is 0 Å². The number of nitrogens with zero attached hydrogens (tertiary/aromatic N) is 5. The first-order chi connectivity index (χ1) is 18.8. The minimum atomic E-state index is -0.630. The van der Waals surface area contributed by atoms with Gasteiger partial charge in [0, 0.05) is 38.3 Å². The smallest absolute Gasteiger partial charge is 0.332 e. The maximum atomic E-state index is 13.5. The highest BCUT2D eigenvalue weighted by Crippen LogP contribution is 2.24. The average Bonchev–Trinajstić information content (AvgIpc) is 2.97. The first-order valence-corrected chi connectivity index (χ1v) is 12.7. The van der Waals surface area contributed by atoms with Gasteiger partial charge in [-0.2, -0.15) is 5.26 Å². The zero-order chi connectivity index (χ0) is 27.9.